The minimum Gasteiger partial charge on any atom is -0.489 e. The van der Waals surface area contributed by atoms with Crippen LogP contribution in [0.4, 0.5) is 0 Å². The molecule has 0 aliphatic carbocycles. The molecule has 0 unspecified atom stereocenters. The summed E-state index contributed by atoms with van der Waals surface area (Å²) < 4.78 is 8.38. The summed E-state index contributed by atoms with van der Waals surface area (Å²) in [5.74, 6) is 0.916. The third kappa shape index (κ3) is 3.28. The van der Waals surface area contributed by atoms with E-state index in [2.05, 4.69) is 51.6 Å². The van der Waals surface area contributed by atoms with Gasteiger partial charge in [-0.05, 0) is 53.6 Å². The van der Waals surface area contributed by atoms with Crippen molar-refractivity contribution in [1.29, 1.82) is 0 Å². The molecule has 0 radical (unpaired) electrons. The van der Waals surface area contributed by atoms with Gasteiger partial charge in [0, 0.05) is 14.7 Å². The number of fused-ring (bicyclic) bond motifs is 1. The maximum atomic E-state index is 6.03. The Morgan fingerprint density at radius 3 is 2.81 bits per heavy atom. The van der Waals surface area contributed by atoms with Crippen LogP contribution in [0.2, 0.25) is 0 Å². The van der Waals surface area contributed by atoms with Crippen LogP contribution in [0.15, 0.2) is 52.3 Å². The zero-order valence-electron chi connectivity index (χ0n) is 11.5. The number of rotatable bonds is 5. The summed E-state index contributed by atoms with van der Waals surface area (Å²) in [5, 5.41) is 3.45. The van der Waals surface area contributed by atoms with Crippen molar-refractivity contribution < 1.29 is 4.74 Å². The Labute approximate surface area is 136 Å². The number of hydrogen-bond donors (Lipinski definition) is 1. The number of halogens is 1. The molecule has 2 N–H and O–H groups in total. The Morgan fingerprint density at radius 2 is 1.95 bits per heavy atom. The van der Waals surface area contributed by atoms with Crippen LogP contribution in [0.25, 0.3) is 10.1 Å². The molecule has 0 amide bonds. The van der Waals surface area contributed by atoms with Gasteiger partial charge in [-0.3, -0.25) is 0 Å². The van der Waals surface area contributed by atoms with E-state index in [-0.39, 0.29) is 0 Å². The van der Waals surface area contributed by atoms with Gasteiger partial charge in [0.05, 0.1) is 0 Å². The highest BCUT2D eigenvalue weighted by atomic mass is 79.9. The summed E-state index contributed by atoms with van der Waals surface area (Å²) in [6.45, 7) is 1.21. The topological polar surface area (TPSA) is 35.2 Å². The molecule has 0 fully saturated rings. The number of benzene rings is 2. The summed E-state index contributed by atoms with van der Waals surface area (Å²) in [7, 11) is 0. The van der Waals surface area contributed by atoms with E-state index in [0.717, 1.165) is 22.2 Å². The van der Waals surface area contributed by atoms with Crippen molar-refractivity contribution >= 4 is 37.4 Å². The van der Waals surface area contributed by atoms with Gasteiger partial charge in [-0.2, -0.15) is 0 Å². The van der Waals surface area contributed by atoms with Crippen LogP contribution in [0.1, 0.15) is 11.1 Å². The maximum Gasteiger partial charge on any atom is 0.123 e. The Hall–Kier alpha value is -1.36. The zero-order valence-corrected chi connectivity index (χ0v) is 13.9. The van der Waals surface area contributed by atoms with Crippen molar-refractivity contribution in [2.24, 2.45) is 5.73 Å². The third-order valence-electron chi connectivity index (χ3n) is 3.38. The zero-order chi connectivity index (χ0) is 14.7. The maximum absolute atomic E-state index is 6.03. The quantitative estimate of drug-likeness (QED) is 0.711. The summed E-state index contributed by atoms with van der Waals surface area (Å²) >= 11 is 5.25. The summed E-state index contributed by atoms with van der Waals surface area (Å²) in [5.41, 5.74) is 8.05. The lowest BCUT2D eigenvalue weighted by atomic mass is 10.1. The van der Waals surface area contributed by atoms with Crippen molar-refractivity contribution in [3.63, 3.8) is 0 Å². The Bertz CT molecular complexity index is 753. The van der Waals surface area contributed by atoms with E-state index in [4.69, 9.17) is 10.5 Å². The van der Waals surface area contributed by atoms with Crippen LogP contribution in [0.5, 0.6) is 5.75 Å². The highest BCUT2D eigenvalue weighted by Gasteiger charge is 2.07. The average Bonchev–Trinajstić information content (AvgIpc) is 2.90. The predicted molar refractivity (Wildman–Crippen MR) is 93.1 cm³/mol. The van der Waals surface area contributed by atoms with Gasteiger partial charge >= 0.3 is 0 Å². The number of nitrogens with two attached hydrogens (primary N) is 1. The molecule has 4 heteroatoms. The monoisotopic (exact) mass is 361 g/mol. The first-order chi connectivity index (χ1) is 10.3. The molecule has 21 heavy (non-hydrogen) atoms. The first-order valence-corrected chi connectivity index (χ1v) is 8.51. The molecule has 2 nitrogen and oxygen atoms in total. The molecule has 0 atom stereocenters. The van der Waals surface area contributed by atoms with Gasteiger partial charge in [0.1, 0.15) is 12.4 Å². The van der Waals surface area contributed by atoms with Crippen molar-refractivity contribution in [3.05, 3.63) is 63.4 Å². The molecule has 0 bridgehead atoms. The third-order valence-corrected chi connectivity index (χ3v) is 4.89. The SMILES string of the molecule is NCCc1cc(Br)ccc1OCc1csc2ccccc12. The molecule has 0 aliphatic heterocycles. The van der Waals surface area contributed by atoms with E-state index in [1.807, 2.05) is 12.1 Å². The molecular weight excluding hydrogens is 346 g/mol. The Balaban J connectivity index is 1.81. The lowest BCUT2D eigenvalue weighted by molar-refractivity contribution is 0.305. The fraction of sp³-hybridized carbons (Fsp3) is 0.176. The summed E-state index contributed by atoms with van der Waals surface area (Å²) in [6, 6.07) is 14.5. The summed E-state index contributed by atoms with van der Waals surface area (Å²) in [6.07, 6.45) is 0.819. The van der Waals surface area contributed by atoms with E-state index in [1.54, 1.807) is 11.3 Å². The minimum atomic E-state index is 0.587. The van der Waals surface area contributed by atoms with Crippen LogP contribution in [-0.4, -0.2) is 6.54 Å². The number of thiophene rings is 1. The summed E-state index contributed by atoms with van der Waals surface area (Å²) in [4.78, 5) is 0. The van der Waals surface area contributed by atoms with Crippen LogP contribution >= 0.6 is 27.3 Å². The van der Waals surface area contributed by atoms with E-state index >= 15 is 0 Å². The lowest BCUT2D eigenvalue weighted by Gasteiger charge is -2.11. The van der Waals surface area contributed by atoms with Gasteiger partial charge in [0.25, 0.3) is 0 Å². The van der Waals surface area contributed by atoms with Crippen LogP contribution in [0, 0.1) is 0 Å². The van der Waals surface area contributed by atoms with Crippen molar-refractivity contribution in [2.75, 3.05) is 6.54 Å². The van der Waals surface area contributed by atoms with Gasteiger partial charge < -0.3 is 10.5 Å². The van der Waals surface area contributed by atoms with Gasteiger partial charge in [-0.1, -0.05) is 34.1 Å². The van der Waals surface area contributed by atoms with E-state index in [9.17, 15) is 0 Å². The van der Waals surface area contributed by atoms with Crippen molar-refractivity contribution in [1.82, 2.24) is 0 Å². The Morgan fingerprint density at radius 1 is 1.10 bits per heavy atom. The Kier molecular flexibility index (Phi) is 4.58. The van der Waals surface area contributed by atoms with Crippen molar-refractivity contribution in [2.45, 2.75) is 13.0 Å². The van der Waals surface area contributed by atoms with Gasteiger partial charge in [-0.25, -0.2) is 0 Å². The minimum absolute atomic E-state index is 0.587. The fourth-order valence-corrected chi connectivity index (χ4v) is 3.70. The largest absolute Gasteiger partial charge is 0.489 e. The molecule has 0 saturated heterocycles. The number of hydrogen-bond acceptors (Lipinski definition) is 3. The van der Waals surface area contributed by atoms with E-state index < -0.39 is 0 Å². The molecule has 3 rings (SSSR count). The molecule has 108 valence electrons. The van der Waals surface area contributed by atoms with E-state index in [0.29, 0.717) is 13.2 Å². The van der Waals surface area contributed by atoms with E-state index in [1.165, 1.54) is 15.6 Å². The van der Waals surface area contributed by atoms with Gasteiger partial charge in [0.2, 0.25) is 0 Å². The average molecular weight is 362 g/mol. The van der Waals surface area contributed by atoms with Gasteiger partial charge in [-0.15, -0.1) is 11.3 Å². The predicted octanol–water partition coefficient (Wildman–Crippen LogP) is 4.74. The number of ether oxygens (including phenoxy) is 1. The first kappa shape index (κ1) is 14.6. The molecule has 1 aromatic heterocycles. The highest BCUT2D eigenvalue weighted by molar-refractivity contribution is 9.10. The molecular formula is C17H16BrNOS. The van der Waals surface area contributed by atoms with Crippen LogP contribution in [0.3, 0.4) is 0 Å². The highest BCUT2D eigenvalue weighted by Crippen LogP contribution is 2.28. The smallest absolute Gasteiger partial charge is 0.123 e. The first-order valence-electron chi connectivity index (χ1n) is 6.84. The molecule has 0 spiro atoms. The molecule has 2 aromatic carbocycles. The molecule has 0 aliphatic rings. The molecule has 1 heterocycles. The van der Waals surface area contributed by atoms with Crippen molar-refractivity contribution in [3.8, 4) is 5.75 Å². The second-order valence-electron chi connectivity index (χ2n) is 4.84. The molecule has 0 saturated carbocycles. The lowest BCUT2D eigenvalue weighted by Crippen LogP contribution is -2.05. The van der Waals surface area contributed by atoms with Crippen LogP contribution in [-0.2, 0) is 13.0 Å². The molecule has 3 aromatic rings. The van der Waals surface area contributed by atoms with Gasteiger partial charge in [0.15, 0.2) is 0 Å². The fourth-order valence-electron chi connectivity index (χ4n) is 2.34. The normalized spacial score (nSPS) is 11.0. The van der Waals surface area contributed by atoms with Crippen LogP contribution < -0.4 is 10.5 Å². The standard InChI is InChI=1S/C17H16BrNOS/c18-14-5-6-16(12(9-14)7-8-19)20-10-13-11-21-17-4-2-1-3-15(13)17/h1-6,9,11H,7-8,10,19H2. The second-order valence-corrected chi connectivity index (χ2v) is 6.66. The second kappa shape index (κ2) is 6.60.